The SMILES string of the molecule is Cc1cc(Nc2ncc(Cl)c(Nc3ccccc3S(=O)(=O)C(C)C)n2)c(OC(C)C)cc1C1CCN(Cc2cc(F)c3c(c2)C(=O)N(C2CCC(=O)NC2=O)C3=O)CC1. The van der Waals surface area contributed by atoms with Crippen molar-refractivity contribution >= 4 is 68.2 Å². The number of aryl methyl sites for hydroxylation is 1. The van der Waals surface area contributed by atoms with Gasteiger partial charge < -0.3 is 15.4 Å². The van der Waals surface area contributed by atoms with Gasteiger partial charge in [0.2, 0.25) is 17.8 Å². The van der Waals surface area contributed by atoms with E-state index in [0.717, 1.165) is 28.9 Å². The molecule has 3 aromatic carbocycles. The first-order chi connectivity index (χ1) is 28.0. The van der Waals surface area contributed by atoms with Crippen LogP contribution in [0.25, 0.3) is 0 Å². The average Bonchev–Trinajstić information content (AvgIpc) is 3.43. The van der Waals surface area contributed by atoms with E-state index in [1.54, 1.807) is 38.1 Å². The number of hydrogen-bond donors (Lipinski definition) is 3. The summed E-state index contributed by atoms with van der Waals surface area (Å²) in [5, 5.41) is 8.07. The van der Waals surface area contributed by atoms with Gasteiger partial charge in [-0.25, -0.2) is 17.8 Å². The molecule has 0 saturated carbocycles. The summed E-state index contributed by atoms with van der Waals surface area (Å²) in [6, 6.07) is 12.2. The van der Waals surface area contributed by atoms with Crippen molar-refractivity contribution in [2.24, 2.45) is 0 Å². The maximum Gasteiger partial charge on any atom is 0.265 e. The molecule has 59 heavy (non-hydrogen) atoms. The lowest BCUT2D eigenvalue weighted by Gasteiger charge is -2.33. The molecule has 2 saturated heterocycles. The maximum absolute atomic E-state index is 15.4. The van der Waals surface area contributed by atoms with E-state index in [1.807, 2.05) is 32.9 Å². The lowest BCUT2D eigenvalue weighted by Crippen LogP contribution is -2.54. The highest BCUT2D eigenvalue weighted by Crippen LogP contribution is 2.39. The number of nitrogens with one attached hydrogen (secondary N) is 3. The summed E-state index contributed by atoms with van der Waals surface area (Å²) in [5.74, 6) is -2.43. The Hall–Kier alpha value is -5.45. The minimum atomic E-state index is -3.60. The summed E-state index contributed by atoms with van der Waals surface area (Å²) < 4.78 is 47.9. The van der Waals surface area contributed by atoms with Gasteiger partial charge in [-0.2, -0.15) is 4.98 Å². The third kappa shape index (κ3) is 8.52. The van der Waals surface area contributed by atoms with Gasteiger partial charge in [0, 0.05) is 13.0 Å². The van der Waals surface area contributed by atoms with E-state index in [9.17, 15) is 27.6 Å². The second-order valence-corrected chi connectivity index (χ2v) is 18.5. The van der Waals surface area contributed by atoms with Crippen LogP contribution in [-0.2, 0) is 26.0 Å². The van der Waals surface area contributed by atoms with Crippen LogP contribution >= 0.6 is 11.6 Å². The number of sulfone groups is 1. The number of aromatic nitrogens is 2. The Kier molecular flexibility index (Phi) is 11.8. The Bertz CT molecular complexity index is 2470. The van der Waals surface area contributed by atoms with Crippen LogP contribution in [0.15, 0.2) is 59.6 Å². The number of nitrogens with zero attached hydrogens (tertiary/aromatic N) is 4. The van der Waals surface area contributed by atoms with Crippen LogP contribution in [0.4, 0.5) is 27.5 Å². The number of imide groups is 2. The molecule has 0 spiro atoms. The quantitative estimate of drug-likeness (QED) is 0.127. The van der Waals surface area contributed by atoms with Gasteiger partial charge in [0.1, 0.15) is 22.6 Å². The van der Waals surface area contributed by atoms with Crippen LogP contribution in [0.3, 0.4) is 0 Å². The zero-order valence-corrected chi connectivity index (χ0v) is 34.8. The summed E-state index contributed by atoms with van der Waals surface area (Å²) >= 11 is 6.49. The summed E-state index contributed by atoms with van der Waals surface area (Å²) in [6.45, 7) is 10.9. The molecular formula is C42H45ClFN7O7S. The van der Waals surface area contributed by atoms with Gasteiger partial charge in [0.15, 0.2) is 15.7 Å². The Labute approximate surface area is 346 Å². The second-order valence-electron chi connectivity index (χ2n) is 15.6. The molecular weight excluding hydrogens is 801 g/mol. The third-order valence-corrected chi connectivity index (χ3v) is 13.3. The molecule has 1 atom stereocenters. The normalized spacial score (nSPS) is 17.8. The number of piperidine rings is 2. The summed E-state index contributed by atoms with van der Waals surface area (Å²) in [4.78, 5) is 62.6. The van der Waals surface area contributed by atoms with Gasteiger partial charge in [0.25, 0.3) is 11.8 Å². The van der Waals surface area contributed by atoms with Crippen molar-refractivity contribution in [1.29, 1.82) is 0 Å². The van der Waals surface area contributed by atoms with Crippen molar-refractivity contribution in [3.8, 4) is 5.75 Å². The lowest BCUT2D eigenvalue weighted by atomic mass is 9.86. The minimum absolute atomic E-state index is 0.00936. The third-order valence-electron chi connectivity index (χ3n) is 10.8. The van der Waals surface area contributed by atoms with E-state index >= 15 is 4.39 Å². The molecule has 14 nitrogen and oxygen atoms in total. The molecule has 7 rings (SSSR count). The Balaban J connectivity index is 1.05. The standard InChI is InChI=1S/C42H45ClFN7O7S/c1-22(2)58-34-19-27(24(5)16-32(34)47-42-45-20-29(43)38(49-42)46-31-8-6-7-9-35(31)59(56,57)23(3)4)26-12-14-50(15-13-26)21-25-17-28-37(30(44)18-25)41(55)51(40(28)54)33-10-11-36(52)48-39(33)53/h6-9,16-20,22-23,26,33H,10-15,21H2,1-5H3,(H,48,52,53)(H2,45,46,47,49). The first kappa shape index (κ1) is 41.7. The number of para-hydroxylation sites is 1. The van der Waals surface area contributed by atoms with Gasteiger partial charge in [-0.3, -0.25) is 34.3 Å². The van der Waals surface area contributed by atoms with Crippen LogP contribution in [0, 0.1) is 12.7 Å². The highest BCUT2D eigenvalue weighted by Gasteiger charge is 2.46. The fourth-order valence-electron chi connectivity index (χ4n) is 7.78. The molecule has 1 unspecified atom stereocenters. The zero-order valence-electron chi connectivity index (χ0n) is 33.3. The predicted molar refractivity (Wildman–Crippen MR) is 220 cm³/mol. The largest absolute Gasteiger partial charge is 0.489 e. The first-order valence-electron chi connectivity index (χ1n) is 19.5. The van der Waals surface area contributed by atoms with Gasteiger partial charge in [-0.05, 0) is 126 Å². The fourth-order valence-corrected chi connectivity index (χ4v) is 9.12. The molecule has 310 valence electrons. The molecule has 3 N–H and O–H groups in total. The van der Waals surface area contributed by atoms with E-state index in [1.165, 1.54) is 18.3 Å². The van der Waals surface area contributed by atoms with E-state index in [-0.39, 0.29) is 57.7 Å². The Morgan fingerprint density at radius 3 is 2.39 bits per heavy atom. The number of likely N-dealkylation sites (tertiary alicyclic amines) is 1. The van der Waals surface area contributed by atoms with Gasteiger partial charge >= 0.3 is 0 Å². The van der Waals surface area contributed by atoms with Crippen molar-refractivity contribution in [2.75, 3.05) is 23.7 Å². The number of anilines is 4. The van der Waals surface area contributed by atoms with Crippen LogP contribution in [0.1, 0.15) is 96.7 Å². The van der Waals surface area contributed by atoms with Crippen molar-refractivity contribution in [3.05, 3.63) is 93.4 Å². The molecule has 0 bridgehead atoms. The topological polar surface area (TPSA) is 180 Å². The number of fused-ring (bicyclic) bond motifs is 1. The first-order valence-corrected chi connectivity index (χ1v) is 21.4. The lowest BCUT2D eigenvalue weighted by molar-refractivity contribution is -0.136. The Morgan fingerprint density at radius 1 is 0.966 bits per heavy atom. The van der Waals surface area contributed by atoms with Crippen molar-refractivity contribution < 1.29 is 36.7 Å². The highest BCUT2D eigenvalue weighted by molar-refractivity contribution is 7.92. The molecule has 4 aromatic rings. The van der Waals surface area contributed by atoms with Crippen molar-refractivity contribution in [2.45, 2.75) is 95.1 Å². The number of benzene rings is 3. The van der Waals surface area contributed by atoms with E-state index in [0.29, 0.717) is 42.3 Å². The number of hydrogen-bond acceptors (Lipinski definition) is 12. The highest BCUT2D eigenvalue weighted by atomic mass is 35.5. The monoisotopic (exact) mass is 845 g/mol. The number of carbonyl (C=O) groups is 4. The molecule has 3 aliphatic heterocycles. The minimum Gasteiger partial charge on any atom is -0.489 e. The maximum atomic E-state index is 15.4. The molecule has 4 heterocycles. The number of carbonyl (C=O) groups excluding carboxylic acids is 4. The molecule has 4 amide bonds. The smallest absolute Gasteiger partial charge is 0.265 e. The Morgan fingerprint density at radius 2 is 1.69 bits per heavy atom. The van der Waals surface area contributed by atoms with E-state index < -0.39 is 50.6 Å². The van der Waals surface area contributed by atoms with Gasteiger partial charge in [-0.1, -0.05) is 23.7 Å². The van der Waals surface area contributed by atoms with Crippen LogP contribution in [0.2, 0.25) is 5.02 Å². The van der Waals surface area contributed by atoms with Gasteiger partial charge in [-0.15, -0.1) is 0 Å². The van der Waals surface area contributed by atoms with Crippen molar-refractivity contribution in [3.63, 3.8) is 0 Å². The number of rotatable bonds is 12. The van der Waals surface area contributed by atoms with Crippen LogP contribution in [-0.4, -0.2) is 82.3 Å². The molecule has 0 aliphatic carbocycles. The fraction of sp³-hybridized carbons (Fsp3) is 0.381. The summed E-state index contributed by atoms with van der Waals surface area (Å²) in [7, 11) is -3.60. The van der Waals surface area contributed by atoms with E-state index in [4.69, 9.17) is 16.3 Å². The zero-order chi connectivity index (χ0) is 42.3. The number of ether oxygens (including phenoxy) is 1. The number of halogens is 2. The predicted octanol–water partition coefficient (Wildman–Crippen LogP) is 6.81. The van der Waals surface area contributed by atoms with Crippen LogP contribution in [0.5, 0.6) is 5.75 Å². The van der Waals surface area contributed by atoms with Crippen LogP contribution < -0.4 is 20.7 Å². The summed E-state index contributed by atoms with van der Waals surface area (Å²) in [5.41, 5.74) is 3.23. The molecule has 3 aliphatic rings. The molecule has 0 radical (unpaired) electrons. The molecule has 17 heteroatoms. The van der Waals surface area contributed by atoms with Gasteiger partial charge in [0.05, 0.1) is 44.9 Å². The summed E-state index contributed by atoms with van der Waals surface area (Å²) in [6.07, 6.45) is 2.84. The molecule has 1 aromatic heterocycles. The average molecular weight is 846 g/mol. The number of amides is 4. The van der Waals surface area contributed by atoms with Crippen molar-refractivity contribution in [1.82, 2.24) is 25.1 Å². The second kappa shape index (κ2) is 16.7. The van der Waals surface area contributed by atoms with E-state index in [2.05, 4.69) is 30.8 Å². The molecule has 2 fully saturated rings.